The number of pyridine rings is 1. The number of aryl methyl sites for hydroxylation is 2. The Bertz CT molecular complexity index is 223. The molecule has 0 unspecified atom stereocenters. The van der Waals surface area contributed by atoms with Gasteiger partial charge in [-0.25, -0.2) is 4.57 Å². The van der Waals surface area contributed by atoms with Gasteiger partial charge < -0.3 is 0 Å². The third-order valence-corrected chi connectivity index (χ3v) is 2.29. The predicted molar refractivity (Wildman–Crippen MR) is 61.1 cm³/mol. The minimum absolute atomic E-state index is 1.12. The van der Waals surface area contributed by atoms with Crippen LogP contribution in [0, 0.1) is 6.92 Å². The van der Waals surface area contributed by atoms with Gasteiger partial charge in [-0.2, -0.15) is 11.8 Å². The van der Waals surface area contributed by atoms with Crippen molar-refractivity contribution < 1.29 is 4.57 Å². The molecule has 0 radical (unpaired) electrons. The van der Waals surface area contributed by atoms with Crippen molar-refractivity contribution in [3.05, 3.63) is 30.1 Å². The Morgan fingerprint density at radius 3 is 2.54 bits per heavy atom. The van der Waals surface area contributed by atoms with E-state index in [1.54, 1.807) is 0 Å². The van der Waals surface area contributed by atoms with Crippen molar-refractivity contribution in [1.29, 1.82) is 0 Å². The van der Waals surface area contributed by atoms with E-state index in [-0.39, 0.29) is 0 Å². The highest BCUT2D eigenvalue weighted by atomic mass is 32.2. The zero-order valence-electron chi connectivity index (χ0n) is 9.08. The first-order chi connectivity index (χ1) is 6.34. The molecule has 0 aliphatic heterocycles. The molecule has 1 rings (SSSR count). The molecule has 0 amide bonds. The van der Waals surface area contributed by atoms with E-state index >= 15 is 0 Å². The third-order valence-electron chi connectivity index (χ3n) is 1.70. The summed E-state index contributed by atoms with van der Waals surface area (Å²) in [6.07, 6.45) is 4.27. The van der Waals surface area contributed by atoms with Gasteiger partial charge >= 0.3 is 0 Å². The Balaban J connectivity index is 0.000000671. The molecular formula is C11H20NS+. The van der Waals surface area contributed by atoms with Crippen molar-refractivity contribution in [3.8, 4) is 0 Å². The Morgan fingerprint density at radius 1 is 1.31 bits per heavy atom. The van der Waals surface area contributed by atoms with Crippen LogP contribution in [-0.4, -0.2) is 12.0 Å². The average Bonchev–Trinajstić information content (AvgIpc) is 2.20. The molecule has 1 heterocycles. The highest BCUT2D eigenvalue weighted by molar-refractivity contribution is 7.98. The lowest BCUT2D eigenvalue weighted by molar-refractivity contribution is -0.698. The Kier molecular flexibility index (Phi) is 7.80. The summed E-state index contributed by atoms with van der Waals surface area (Å²) in [5.41, 5.74) is 1.33. The number of hydrogen-bond donors (Lipinski definition) is 0. The van der Waals surface area contributed by atoms with Crippen LogP contribution in [0.25, 0.3) is 0 Å². The Labute approximate surface area is 86.2 Å². The second-order valence-electron chi connectivity index (χ2n) is 2.53. The Hall–Kier alpha value is -0.500. The number of hydrogen-bond acceptors (Lipinski definition) is 1. The fourth-order valence-electron chi connectivity index (χ4n) is 1.00. The van der Waals surface area contributed by atoms with E-state index in [4.69, 9.17) is 0 Å². The van der Waals surface area contributed by atoms with Gasteiger partial charge in [0.05, 0.1) is 5.75 Å². The molecule has 1 aromatic rings. The summed E-state index contributed by atoms with van der Waals surface area (Å²) >= 11 is 1.88. The van der Waals surface area contributed by atoms with E-state index in [1.807, 2.05) is 25.6 Å². The predicted octanol–water partition coefficient (Wildman–Crippen LogP) is 2.67. The molecule has 1 aromatic heterocycles. The van der Waals surface area contributed by atoms with Gasteiger partial charge in [-0.3, -0.25) is 0 Å². The van der Waals surface area contributed by atoms with Crippen LogP contribution in [0.5, 0.6) is 0 Å². The zero-order chi connectivity index (χ0) is 10.1. The zero-order valence-corrected chi connectivity index (χ0v) is 9.90. The number of nitrogens with zero attached hydrogens (tertiary/aromatic N) is 1. The highest BCUT2D eigenvalue weighted by Crippen LogP contribution is 1.92. The molecule has 74 valence electrons. The van der Waals surface area contributed by atoms with Gasteiger partial charge in [0.1, 0.15) is 0 Å². The molecule has 13 heavy (non-hydrogen) atoms. The van der Waals surface area contributed by atoms with Crippen molar-refractivity contribution in [2.45, 2.75) is 27.3 Å². The van der Waals surface area contributed by atoms with Gasteiger partial charge in [0, 0.05) is 19.1 Å². The first-order valence-corrected chi connectivity index (χ1v) is 6.18. The molecule has 0 saturated carbocycles. The normalized spacial score (nSPS) is 8.92. The van der Waals surface area contributed by atoms with Crippen LogP contribution < -0.4 is 4.57 Å². The summed E-state index contributed by atoms with van der Waals surface area (Å²) in [4.78, 5) is 0. The molecule has 2 heteroatoms. The van der Waals surface area contributed by atoms with Crippen molar-refractivity contribution in [3.63, 3.8) is 0 Å². The quantitative estimate of drug-likeness (QED) is 0.675. The molecule has 0 aromatic carbocycles. The van der Waals surface area contributed by atoms with Gasteiger partial charge in [0.15, 0.2) is 18.4 Å². The summed E-state index contributed by atoms with van der Waals surface area (Å²) in [6, 6.07) is 6.29. The molecular weight excluding hydrogens is 178 g/mol. The first kappa shape index (κ1) is 12.5. The lowest BCUT2D eigenvalue weighted by Gasteiger charge is -1.96. The van der Waals surface area contributed by atoms with Crippen LogP contribution in [-0.2, 0) is 6.54 Å². The first-order valence-electron chi connectivity index (χ1n) is 4.78. The van der Waals surface area contributed by atoms with Crippen molar-refractivity contribution in [1.82, 2.24) is 0 Å². The lowest BCUT2D eigenvalue weighted by Crippen LogP contribution is -2.37. The van der Waals surface area contributed by atoms with Crippen LogP contribution >= 0.6 is 11.8 Å². The molecule has 0 N–H and O–H groups in total. The molecule has 0 aliphatic carbocycles. The van der Waals surface area contributed by atoms with E-state index < -0.39 is 0 Å². The van der Waals surface area contributed by atoms with Crippen LogP contribution in [0.4, 0.5) is 0 Å². The standard InChI is InChI=1S/C9H14NS.C2H6/c1-9-5-3-4-6-10(9)7-8-11-2;1-2/h3-6H,7-8H2,1-2H3;1-2H3/q+1;. The lowest BCUT2D eigenvalue weighted by atomic mass is 10.3. The molecule has 0 aliphatic rings. The van der Waals surface area contributed by atoms with Gasteiger partial charge in [0.2, 0.25) is 0 Å². The number of aromatic nitrogens is 1. The fraction of sp³-hybridized carbons (Fsp3) is 0.545. The minimum atomic E-state index is 1.12. The summed E-state index contributed by atoms with van der Waals surface area (Å²) in [5, 5.41) is 0. The second kappa shape index (κ2) is 8.11. The van der Waals surface area contributed by atoms with E-state index in [0.717, 1.165) is 6.54 Å². The topological polar surface area (TPSA) is 3.88 Å². The molecule has 1 nitrogen and oxygen atoms in total. The smallest absolute Gasteiger partial charge is 0.178 e. The van der Waals surface area contributed by atoms with Gasteiger partial charge in [-0.15, -0.1) is 0 Å². The van der Waals surface area contributed by atoms with Crippen LogP contribution in [0.1, 0.15) is 19.5 Å². The average molecular weight is 198 g/mol. The van der Waals surface area contributed by atoms with E-state index in [1.165, 1.54) is 11.4 Å². The maximum Gasteiger partial charge on any atom is 0.178 e. The number of rotatable bonds is 3. The van der Waals surface area contributed by atoms with E-state index in [2.05, 4.69) is 42.1 Å². The van der Waals surface area contributed by atoms with Crippen LogP contribution in [0.2, 0.25) is 0 Å². The van der Waals surface area contributed by atoms with Crippen molar-refractivity contribution in [2.24, 2.45) is 0 Å². The maximum atomic E-state index is 2.27. The molecule has 0 bridgehead atoms. The van der Waals surface area contributed by atoms with Gasteiger partial charge in [-0.1, -0.05) is 19.9 Å². The molecule has 0 fully saturated rings. The van der Waals surface area contributed by atoms with Gasteiger partial charge in [-0.05, 0) is 6.26 Å². The molecule has 0 spiro atoms. The van der Waals surface area contributed by atoms with E-state index in [0.29, 0.717) is 0 Å². The summed E-state index contributed by atoms with van der Waals surface area (Å²) in [7, 11) is 0. The van der Waals surface area contributed by atoms with Crippen molar-refractivity contribution in [2.75, 3.05) is 12.0 Å². The van der Waals surface area contributed by atoms with Crippen LogP contribution in [0.3, 0.4) is 0 Å². The SMILES string of the molecule is CC.CSCC[n+]1ccccc1C. The summed E-state index contributed by atoms with van der Waals surface area (Å²) in [6.45, 7) is 7.26. The van der Waals surface area contributed by atoms with Crippen molar-refractivity contribution >= 4 is 11.8 Å². The summed E-state index contributed by atoms with van der Waals surface area (Å²) < 4.78 is 2.27. The number of thioether (sulfide) groups is 1. The fourth-order valence-corrected chi connectivity index (χ4v) is 1.38. The van der Waals surface area contributed by atoms with E-state index in [9.17, 15) is 0 Å². The minimum Gasteiger partial charge on any atom is -0.202 e. The largest absolute Gasteiger partial charge is 0.202 e. The van der Waals surface area contributed by atoms with Gasteiger partial charge in [0.25, 0.3) is 0 Å². The monoisotopic (exact) mass is 198 g/mol. The van der Waals surface area contributed by atoms with Crippen LogP contribution in [0.15, 0.2) is 24.4 Å². The molecule has 0 atom stereocenters. The molecule has 0 saturated heterocycles. The Morgan fingerprint density at radius 2 is 2.00 bits per heavy atom. The summed E-state index contributed by atoms with van der Waals surface area (Å²) in [5.74, 6) is 1.19. The second-order valence-corrected chi connectivity index (χ2v) is 3.51. The maximum absolute atomic E-state index is 2.27. The highest BCUT2D eigenvalue weighted by Gasteiger charge is 2.01. The third kappa shape index (κ3) is 4.94.